The van der Waals surface area contributed by atoms with Crippen molar-refractivity contribution in [2.75, 3.05) is 24.5 Å². The molecule has 22 heavy (non-hydrogen) atoms. The lowest BCUT2D eigenvalue weighted by Crippen LogP contribution is -2.35. The summed E-state index contributed by atoms with van der Waals surface area (Å²) in [5.74, 6) is 0.280. The first-order valence-corrected chi connectivity index (χ1v) is 8.17. The largest absolute Gasteiger partial charge is 0.371 e. The van der Waals surface area contributed by atoms with Crippen molar-refractivity contribution in [2.45, 2.75) is 13.0 Å². The maximum Gasteiger partial charge on any atom is 0.325 e. The van der Waals surface area contributed by atoms with E-state index in [2.05, 4.69) is 27.4 Å². The van der Waals surface area contributed by atoms with Gasteiger partial charge in [-0.1, -0.05) is 29.5 Å². The minimum absolute atomic E-state index is 0.00253. The first kappa shape index (κ1) is 14.8. The van der Waals surface area contributed by atoms with Gasteiger partial charge < -0.3 is 10.2 Å². The third-order valence-corrected chi connectivity index (χ3v) is 4.45. The fourth-order valence-corrected chi connectivity index (χ4v) is 3.15. The van der Waals surface area contributed by atoms with Gasteiger partial charge in [-0.3, -0.25) is 9.59 Å². The van der Waals surface area contributed by atoms with Gasteiger partial charge in [-0.15, -0.1) is 0 Å². The highest BCUT2D eigenvalue weighted by molar-refractivity contribution is 7.06. The number of carbonyl (C=O) groups is 1. The molecule has 1 aliphatic heterocycles. The topological polar surface area (TPSA) is 67.2 Å². The Balaban J connectivity index is 1.46. The molecule has 0 radical (unpaired) electrons. The maximum absolute atomic E-state index is 11.9. The van der Waals surface area contributed by atoms with Crippen LogP contribution >= 0.6 is 11.3 Å². The van der Waals surface area contributed by atoms with Crippen LogP contribution in [0.15, 0.2) is 40.6 Å². The Morgan fingerprint density at radius 2 is 2.18 bits per heavy atom. The van der Waals surface area contributed by atoms with E-state index in [0.29, 0.717) is 12.5 Å². The van der Waals surface area contributed by atoms with Gasteiger partial charge in [-0.2, -0.15) is 5.10 Å². The van der Waals surface area contributed by atoms with Gasteiger partial charge in [0.15, 0.2) is 0 Å². The number of hydrogen-bond donors (Lipinski definition) is 1. The van der Waals surface area contributed by atoms with Crippen LogP contribution in [0.5, 0.6) is 0 Å². The molecule has 1 saturated heterocycles. The van der Waals surface area contributed by atoms with Crippen LogP contribution in [0.4, 0.5) is 5.69 Å². The summed E-state index contributed by atoms with van der Waals surface area (Å²) in [5, 5.41) is 6.74. The number of aromatic nitrogens is 2. The van der Waals surface area contributed by atoms with Crippen molar-refractivity contribution in [3.05, 3.63) is 45.5 Å². The van der Waals surface area contributed by atoms with E-state index >= 15 is 0 Å². The molecular formula is C15H18N4O2S. The molecule has 2 heterocycles. The molecule has 1 fully saturated rings. The zero-order chi connectivity index (χ0) is 15.4. The third-order valence-electron chi connectivity index (χ3n) is 3.84. The van der Waals surface area contributed by atoms with Gasteiger partial charge in [0.2, 0.25) is 5.91 Å². The van der Waals surface area contributed by atoms with Gasteiger partial charge in [0.1, 0.15) is 12.1 Å². The van der Waals surface area contributed by atoms with E-state index in [1.807, 2.05) is 18.2 Å². The van der Waals surface area contributed by atoms with Gasteiger partial charge in [-0.05, 0) is 24.5 Å². The average Bonchev–Trinajstić information content (AvgIpc) is 3.16. The van der Waals surface area contributed by atoms with E-state index in [4.69, 9.17) is 0 Å². The van der Waals surface area contributed by atoms with Crippen LogP contribution in [0.25, 0.3) is 0 Å². The number of benzene rings is 1. The molecule has 1 aliphatic rings. The molecular weight excluding hydrogens is 300 g/mol. The van der Waals surface area contributed by atoms with Crippen LogP contribution in [-0.4, -0.2) is 35.3 Å². The molecule has 7 heteroatoms. The van der Waals surface area contributed by atoms with Gasteiger partial charge in [0.25, 0.3) is 0 Å². The molecule has 1 amide bonds. The average molecular weight is 318 g/mol. The molecule has 0 spiro atoms. The summed E-state index contributed by atoms with van der Waals surface area (Å²) in [6.07, 6.45) is 1.06. The van der Waals surface area contributed by atoms with Crippen molar-refractivity contribution in [3.8, 4) is 0 Å². The molecule has 1 atom stereocenters. The van der Waals surface area contributed by atoms with Crippen molar-refractivity contribution in [3.63, 3.8) is 0 Å². The Kier molecular flexibility index (Phi) is 4.53. The van der Waals surface area contributed by atoms with Gasteiger partial charge in [0.05, 0.1) is 0 Å². The monoisotopic (exact) mass is 318 g/mol. The molecule has 0 aliphatic carbocycles. The third kappa shape index (κ3) is 3.54. The minimum Gasteiger partial charge on any atom is -0.371 e. The van der Waals surface area contributed by atoms with E-state index in [-0.39, 0.29) is 17.3 Å². The molecule has 1 N–H and O–H groups in total. The number of hydrogen-bond acceptors (Lipinski definition) is 5. The lowest BCUT2D eigenvalue weighted by atomic mass is 10.1. The highest BCUT2D eigenvalue weighted by Crippen LogP contribution is 2.22. The second kappa shape index (κ2) is 6.74. The first-order valence-electron chi connectivity index (χ1n) is 7.29. The number of carbonyl (C=O) groups excluding carboxylic acids is 1. The maximum atomic E-state index is 11.9. The summed E-state index contributed by atoms with van der Waals surface area (Å²) < 4.78 is 1.19. The summed E-state index contributed by atoms with van der Waals surface area (Å²) in [5.41, 5.74) is 2.68. The number of nitrogens with one attached hydrogen (secondary N) is 1. The van der Waals surface area contributed by atoms with Crippen LogP contribution in [0.1, 0.15) is 6.42 Å². The summed E-state index contributed by atoms with van der Waals surface area (Å²) in [6.45, 7) is 2.59. The van der Waals surface area contributed by atoms with E-state index in [1.54, 1.807) is 0 Å². The molecule has 2 aromatic rings. The SMILES string of the molecule is O=C(Cn1ncsc1=O)NCC1CCN(c2ccccc2)C1. The Morgan fingerprint density at radius 3 is 2.91 bits per heavy atom. The predicted molar refractivity (Wildman–Crippen MR) is 86.1 cm³/mol. The van der Waals surface area contributed by atoms with Gasteiger partial charge in [0, 0.05) is 25.3 Å². The van der Waals surface area contributed by atoms with Crippen molar-refractivity contribution in [1.82, 2.24) is 15.1 Å². The van der Waals surface area contributed by atoms with Crippen LogP contribution in [-0.2, 0) is 11.3 Å². The summed E-state index contributed by atoms with van der Waals surface area (Å²) in [4.78, 5) is 25.3. The molecule has 1 aromatic carbocycles. The Hall–Kier alpha value is -2.15. The summed E-state index contributed by atoms with van der Waals surface area (Å²) >= 11 is 0.997. The molecule has 3 rings (SSSR count). The zero-order valence-corrected chi connectivity index (χ0v) is 13.0. The zero-order valence-electron chi connectivity index (χ0n) is 12.1. The molecule has 1 aromatic heterocycles. The van der Waals surface area contributed by atoms with Crippen molar-refractivity contribution >= 4 is 22.9 Å². The summed E-state index contributed by atoms with van der Waals surface area (Å²) in [6, 6.07) is 10.3. The first-order chi connectivity index (χ1) is 10.7. The number of amides is 1. The smallest absolute Gasteiger partial charge is 0.325 e. The predicted octanol–water partition coefficient (Wildman–Crippen LogP) is 0.947. The summed E-state index contributed by atoms with van der Waals surface area (Å²) in [7, 11) is 0. The van der Waals surface area contributed by atoms with Crippen LogP contribution < -0.4 is 15.1 Å². The minimum atomic E-state index is -0.203. The highest BCUT2D eigenvalue weighted by Gasteiger charge is 2.23. The van der Waals surface area contributed by atoms with Crippen molar-refractivity contribution in [1.29, 1.82) is 0 Å². The Labute approximate surface area is 132 Å². The molecule has 0 bridgehead atoms. The highest BCUT2D eigenvalue weighted by atomic mass is 32.1. The van der Waals surface area contributed by atoms with Crippen molar-refractivity contribution < 1.29 is 4.79 Å². The van der Waals surface area contributed by atoms with Crippen LogP contribution in [0.3, 0.4) is 0 Å². The lowest BCUT2D eigenvalue weighted by Gasteiger charge is -2.18. The molecule has 6 nitrogen and oxygen atoms in total. The number of para-hydroxylation sites is 1. The number of rotatable bonds is 5. The second-order valence-electron chi connectivity index (χ2n) is 5.40. The van der Waals surface area contributed by atoms with Gasteiger partial charge in [-0.25, -0.2) is 4.68 Å². The van der Waals surface area contributed by atoms with E-state index in [9.17, 15) is 9.59 Å². The Morgan fingerprint density at radius 1 is 1.36 bits per heavy atom. The van der Waals surface area contributed by atoms with Crippen LogP contribution in [0, 0.1) is 5.92 Å². The fourth-order valence-electron chi connectivity index (χ4n) is 2.66. The van der Waals surface area contributed by atoms with E-state index < -0.39 is 0 Å². The van der Waals surface area contributed by atoms with E-state index in [0.717, 1.165) is 30.8 Å². The standard InChI is InChI=1S/C15H18N4O2S/c20-14(10-19-15(21)22-11-17-19)16-8-12-6-7-18(9-12)13-4-2-1-3-5-13/h1-5,11-12H,6-10H2,(H,16,20). The number of nitrogens with zero attached hydrogens (tertiary/aromatic N) is 3. The van der Waals surface area contributed by atoms with Crippen molar-refractivity contribution in [2.24, 2.45) is 5.92 Å². The quantitative estimate of drug-likeness (QED) is 0.891. The van der Waals surface area contributed by atoms with Gasteiger partial charge >= 0.3 is 4.87 Å². The van der Waals surface area contributed by atoms with Crippen LogP contribution in [0.2, 0.25) is 0 Å². The normalized spacial score (nSPS) is 17.6. The molecule has 0 saturated carbocycles. The molecule has 1 unspecified atom stereocenters. The lowest BCUT2D eigenvalue weighted by molar-refractivity contribution is -0.122. The molecule has 116 valence electrons. The van der Waals surface area contributed by atoms with E-state index in [1.165, 1.54) is 15.9 Å². The Bertz CT molecular complexity index is 682. The number of anilines is 1. The second-order valence-corrected chi connectivity index (χ2v) is 6.20. The fraction of sp³-hybridized carbons (Fsp3) is 0.400.